The van der Waals surface area contributed by atoms with Gasteiger partial charge in [-0.15, -0.1) is 0 Å². The van der Waals surface area contributed by atoms with Crippen LogP contribution in [0, 0.1) is 5.92 Å². The molecule has 20 heavy (non-hydrogen) atoms. The monoisotopic (exact) mass is 276 g/mol. The summed E-state index contributed by atoms with van der Waals surface area (Å²) in [5.41, 5.74) is 6.41. The Kier molecular flexibility index (Phi) is 4.38. The molecular weight excluding hydrogens is 252 g/mol. The molecule has 3 rings (SSSR count). The van der Waals surface area contributed by atoms with Crippen molar-refractivity contribution >= 4 is 11.5 Å². The van der Waals surface area contributed by atoms with E-state index in [9.17, 15) is 0 Å². The van der Waals surface area contributed by atoms with E-state index >= 15 is 0 Å². The fraction of sp³-hybridized carbons (Fsp3) is 0.667. The van der Waals surface area contributed by atoms with E-state index in [2.05, 4.69) is 14.8 Å². The van der Waals surface area contributed by atoms with Gasteiger partial charge in [-0.25, -0.2) is 4.98 Å². The van der Waals surface area contributed by atoms with Crippen molar-refractivity contribution in [2.75, 3.05) is 56.6 Å². The van der Waals surface area contributed by atoms with Gasteiger partial charge in [0.1, 0.15) is 5.82 Å². The number of anilines is 2. The maximum Gasteiger partial charge on any atom is 0.128 e. The molecule has 0 radical (unpaired) electrons. The van der Waals surface area contributed by atoms with Crippen molar-refractivity contribution in [1.29, 1.82) is 0 Å². The van der Waals surface area contributed by atoms with Crippen molar-refractivity contribution in [2.24, 2.45) is 5.92 Å². The number of nitrogen functional groups attached to an aromatic ring is 1. The predicted molar refractivity (Wildman–Crippen MR) is 80.8 cm³/mol. The third-order valence-corrected chi connectivity index (χ3v) is 4.32. The number of pyridine rings is 1. The minimum Gasteiger partial charge on any atom is -0.397 e. The number of piperazine rings is 1. The summed E-state index contributed by atoms with van der Waals surface area (Å²) in [5.74, 6) is 1.87. The van der Waals surface area contributed by atoms with Crippen molar-refractivity contribution in [3.8, 4) is 0 Å². The van der Waals surface area contributed by atoms with Crippen LogP contribution in [0.15, 0.2) is 18.3 Å². The molecule has 0 atom stereocenters. The summed E-state index contributed by atoms with van der Waals surface area (Å²) >= 11 is 0. The van der Waals surface area contributed by atoms with Crippen LogP contribution in [0.25, 0.3) is 0 Å². The van der Waals surface area contributed by atoms with Crippen LogP contribution in [0.4, 0.5) is 11.5 Å². The Balaban J connectivity index is 1.47. The molecule has 2 fully saturated rings. The second-order valence-electron chi connectivity index (χ2n) is 5.79. The van der Waals surface area contributed by atoms with E-state index in [1.54, 1.807) is 6.20 Å². The molecule has 110 valence electrons. The van der Waals surface area contributed by atoms with Crippen LogP contribution in [-0.4, -0.2) is 55.8 Å². The fourth-order valence-electron chi connectivity index (χ4n) is 3.04. The number of hydrogen-bond acceptors (Lipinski definition) is 5. The van der Waals surface area contributed by atoms with Gasteiger partial charge < -0.3 is 15.4 Å². The summed E-state index contributed by atoms with van der Waals surface area (Å²) in [4.78, 5) is 9.34. The topological polar surface area (TPSA) is 54.6 Å². The predicted octanol–water partition coefficient (Wildman–Crippen LogP) is 1.21. The largest absolute Gasteiger partial charge is 0.397 e. The van der Waals surface area contributed by atoms with Crippen molar-refractivity contribution in [3.05, 3.63) is 18.3 Å². The average molecular weight is 276 g/mol. The molecule has 2 saturated heterocycles. The van der Waals surface area contributed by atoms with E-state index in [0.717, 1.165) is 56.8 Å². The standard InChI is InChI=1S/C15H24N4O/c16-14-1-2-15(17-11-14)19-7-5-18(6-8-19)12-13-3-9-20-10-4-13/h1-2,11,13H,3-10,12,16H2. The van der Waals surface area contributed by atoms with E-state index in [4.69, 9.17) is 10.5 Å². The third-order valence-electron chi connectivity index (χ3n) is 4.32. The Labute approximate surface area is 120 Å². The molecule has 0 saturated carbocycles. The number of ether oxygens (including phenoxy) is 1. The number of nitrogens with two attached hydrogens (primary N) is 1. The van der Waals surface area contributed by atoms with E-state index in [1.807, 2.05) is 12.1 Å². The summed E-state index contributed by atoms with van der Waals surface area (Å²) in [5, 5.41) is 0. The zero-order valence-corrected chi connectivity index (χ0v) is 12.0. The van der Waals surface area contributed by atoms with Crippen molar-refractivity contribution in [1.82, 2.24) is 9.88 Å². The number of nitrogens with zero attached hydrogens (tertiary/aromatic N) is 3. The number of aromatic nitrogens is 1. The van der Waals surface area contributed by atoms with E-state index in [0.29, 0.717) is 0 Å². The van der Waals surface area contributed by atoms with Gasteiger partial charge >= 0.3 is 0 Å². The van der Waals surface area contributed by atoms with Gasteiger partial charge in [-0.1, -0.05) is 0 Å². The highest BCUT2D eigenvalue weighted by Crippen LogP contribution is 2.19. The van der Waals surface area contributed by atoms with Crippen LogP contribution in [0.5, 0.6) is 0 Å². The Hall–Kier alpha value is -1.33. The Morgan fingerprint density at radius 2 is 1.90 bits per heavy atom. The van der Waals surface area contributed by atoms with E-state index in [1.165, 1.54) is 19.4 Å². The van der Waals surface area contributed by atoms with Crippen molar-refractivity contribution in [3.63, 3.8) is 0 Å². The van der Waals surface area contributed by atoms with Crippen LogP contribution in [0.2, 0.25) is 0 Å². The van der Waals surface area contributed by atoms with Gasteiger partial charge in [0.2, 0.25) is 0 Å². The summed E-state index contributed by atoms with van der Waals surface area (Å²) in [6, 6.07) is 3.94. The summed E-state index contributed by atoms with van der Waals surface area (Å²) < 4.78 is 5.43. The van der Waals surface area contributed by atoms with Gasteiger partial charge in [0.05, 0.1) is 11.9 Å². The first-order chi connectivity index (χ1) is 9.81. The van der Waals surface area contributed by atoms with Crippen LogP contribution >= 0.6 is 0 Å². The minimum absolute atomic E-state index is 0.729. The molecule has 5 heteroatoms. The zero-order chi connectivity index (χ0) is 13.8. The Morgan fingerprint density at radius 3 is 2.55 bits per heavy atom. The Morgan fingerprint density at radius 1 is 1.15 bits per heavy atom. The van der Waals surface area contributed by atoms with Gasteiger partial charge in [-0.05, 0) is 30.9 Å². The van der Waals surface area contributed by atoms with Crippen LogP contribution in [0.1, 0.15) is 12.8 Å². The van der Waals surface area contributed by atoms with E-state index < -0.39 is 0 Å². The molecule has 1 aromatic rings. The summed E-state index contributed by atoms with van der Waals surface area (Å²) in [6.45, 7) is 7.49. The lowest BCUT2D eigenvalue weighted by Crippen LogP contribution is -2.48. The molecule has 0 bridgehead atoms. The molecule has 2 N–H and O–H groups in total. The second kappa shape index (κ2) is 6.41. The third kappa shape index (κ3) is 3.41. The Bertz CT molecular complexity index is 408. The lowest BCUT2D eigenvalue weighted by Gasteiger charge is -2.37. The maximum absolute atomic E-state index is 5.68. The van der Waals surface area contributed by atoms with Crippen LogP contribution < -0.4 is 10.6 Å². The molecule has 2 aliphatic rings. The maximum atomic E-state index is 5.68. The normalized spacial score (nSPS) is 22.1. The summed E-state index contributed by atoms with van der Waals surface area (Å²) in [7, 11) is 0. The van der Waals surface area contributed by atoms with Gasteiger partial charge in [0, 0.05) is 45.9 Å². The highest BCUT2D eigenvalue weighted by atomic mass is 16.5. The first-order valence-electron chi connectivity index (χ1n) is 7.58. The molecule has 0 amide bonds. The number of rotatable bonds is 3. The highest BCUT2D eigenvalue weighted by molar-refractivity contribution is 5.46. The molecule has 3 heterocycles. The van der Waals surface area contributed by atoms with Gasteiger partial charge in [-0.2, -0.15) is 0 Å². The lowest BCUT2D eigenvalue weighted by atomic mass is 9.99. The molecular formula is C15H24N4O. The first-order valence-corrected chi connectivity index (χ1v) is 7.58. The van der Waals surface area contributed by atoms with Gasteiger partial charge in [0.15, 0.2) is 0 Å². The van der Waals surface area contributed by atoms with Gasteiger partial charge in [-0.3, -0.25) is 4.90 Å². The molecule has 0 unspecified atom stereocenters. The zero-order valence-electron chi connectivity index (χ0n) is 12.0. The van der Waals surface area contributed by atoms with Crippen LogP contribution in [-0.2, 0) is 4.74 Å². The van der Waals surface area contributed by atoms with Crippen molar-refractivity contribution in [2.45, 2.75) is 12.8 Å². The molecule has 1 aromatic heterocycles. The molecule has 0 aliphatic carbocycles. The second-order valence-corrected chi connectivity index (χ2v) is 5.79. The fourth-order valence-corrected chi connectivity index (χ4v) is 3.04. The molecule has 5 nitrogen and oxygen atoms in total. The smallest absolute Gasteiger partial charge is 0.128 e. The highest BCUT2D eigenvalue weighted by Gasteiger charge is 2.22. The van der Waals surface area contributed by atoms with E-state index in [-0.39, 0.29) is 0 Å². The van der Waals surface area contributed by atoms with Crippen molar-refractivity contribution < 1.29 is 4.74 Å². The van der Waals surface area contributed by atoms with Gasteiger partial charge in [0.25, 0.3) is 0 Å². The minimum atomic E-state index is 0.729. The quantitative estimate of drug-likeness (QED) is 0.899. The average Bonchev–Trinajstić information content (AvgIpc) is 2.50. The molecule has 0 aromatic carbocycles. The lowest BCUT2D eigenvalue weighted by molar-refractivity contribution is 0.0517. The molecule has 0 spiro atoms. The van der Waals surface area contributed by atoms with Crippen LogP contribution in [0.3, 0.4) is 0 Å². The SMILES string of the molecule is Nc1ccc(N2CCN(CC3CCOCC3)CC2)nc1. The number of hydrogen-bond donors (Lipinski definition) is 1. The summed E-state index contributed by atoms with van der Waals surface area (Å²) in [6.07, 6.45) is 4.18. The first kappa shape index (κ1) is 13.6. The molecule has 2 aliphatic heterocycles.